The average molecular weight is 235 g/mol. The van der Waals surface area contributed by atoms with Gasteiger partial charge in [0.2, 0.25) is 0 Å². The molecule has 0 spiro atoms. The molecule has 92 valence electrons. The van der Waals surface area contributed by atoms with Crippen LogP contribution in [0.25, 0.3) is 0 Å². The van der Waals surface area contributed by atoms with Gasteiger partial charge in [0.1, 0.15) is 6.73 Å². The highest BCUT2D eigenvalue weighted by Crippen LogP contribution is 2.07. The van der Waals surface area contributed by atoms with Gasteiger partial charge in [-0.15, -0.1) is 5.06 Å². The summed E-state index contributed by atoms with van der Waals surface area (Å²) in [5, 5.41) is 1.56. The van der Waals surface area contributed by atoms with E-state index in [4.69, 9.17) is 9.57 Å². The second-order valence-electron chi connectivity index (χ2n) is 4.05. The molecule has 4 heteroatoms. The zero-order valence-electron chi connectivity index (χ0n) is 9.80. The predicted octanol–water partition coefficient (Wildman–Crippen LogP) is 1.76. The van der Waals surface area contributed by atoms with Gasteiger partial charge in [-0.3, -0.25) is 4.79 Å². The van der Waals surface area contributed by atoms with Crippen molar-refractivity contribution in [3.05, 3.63) is 35.9 Å². The summed E-state index contributed by atoms with van der Waals surface area (Å²) in [5.41, 5.74) is 1.25. The number of aryl methyl sites for hydroxylation is 1. The third-order valence-electron chi connectivity index (χ3n) is 2.64. The molecular formula is C13H17NO3. The molecule has 1 aliphatic rings. The molecule has 1 aliphatic heterocycles. The van der Waals surface area contributed by atoms with Crippen molar-refractivity contribution < 1.29 is 14.4 Å². The van der Waals surface area contributed by atoms with E-state index in [1.807, 2.05) is 18.2 Å². The number of nitrogens with zero attached hydrogens (tertiary/aromatic N) is 1. The van der Waals surface area contributed by atoms with Crippen molar-refractivity contribution in [1.29, 1.82) is 0 Å². The molecule has 1 fully saturated rings. The Morgan fingerprint density at radius 2 is 2.18 bits per heavy atom. The van der Waals surface area contributed by atoms with E-state index in [2.05, 4.69) is 12.1 Å². The number of carbonyl (C=O) groups is 1. The van der Waals surface area contributed by atoms with E-state index in [1.54, 1.807) is 5.06 Å². The Bertz CT molecular complexity index is 347. The zero-order valence-corrected chi connectivity index (χ0v) is 9.80. The Kier molecular flexibility index (Phi) is 4.53. The first-order chi connectivity index (χ1) is 8.34. The number of hydrogen-bond acceptors (Lipinski definition) is 4. The minimum Gasteiger partial charge on any atom is -0.366 e. The third kappa shape index (κ3) is 4.17. The molecule has 2 rings (SSSR count). The lowest BCUT2D eigenvalue weighted by molar-refractivity contribution is -0.192. The molecule has 0 saturated carbocycles. The fourth-order valence-electron chi connectivity index (χ4n) is 1.74. The molecule has 0 unspecified atom stereocenters. The molecule has 1 heterocycles. The van der Waals surface area contributed by atoms with E-state index in [1.165, 1.54) is 5.56 Å². The topological polar surface area (TPSA) is 38.8 Å². The first kappa shape index (κ1) is 12.1. The summed E-state index contributed by atoms with van der Waals surface area (Å²) in [7, 11) is 0. The van der Waals surface area contributed by atoms with Gasteiger partial charge in [-0.1, -0.05) is 30.3 Å². The molecule has 0 aromatic heterocycles. The Labute approximate surface area is 101 Å². The van der Waals surface area contributed by atoms with Crippen LogP contribution in [0.1, 0.15) is 18.4 Å². The minimum absolute atomic E-state index is 0.175. The Hall–Kier alpha value is -1.39. The molecule has 0 N–H and O–H groups in total. The second kappa shape index (κ2) is 6.37. The molecule has 1 aromatic carbocycles. The zero-order chi connectivity index (χ0) is 11.9. The van der Waals surface area contributed by atoms with E-state index in [0.29, 0.717) is 26.3 Å². The summed E-state index contributed by atoms with van der Waals surface area (Å²) in [6, 6.07) is 10.1. The van der Waals surface area contributed by atoms with Crippen molar-refractivity contribution >= 4 is 5.97 Å². The van der Waals surface area contributed by atoms with Crippen LogP contribution in [0.4, 0.5) is 0 Å². The summed E-state index contributed by atoms with van der Waals surface area (Å²) < 4.78 is 5.08. The van der Waals surface area contributed by atoms with Crippen molar-refractivity contribution in [2.45, 2.75) is 19.3 Å². The van der Waals surface area contributed by atoms with Gasteiger partial charge in [0.05, 0.1) is 13.2 Å². The Balaban J connectivity index is 1.63. The Morgan fingerprint density at radius 3 is 2.88 bits per heavy atom. The second-order valence-corrected chi connectivity index (χ2v) is 4.05. The monoisotopic (exact) mass is 235 g/mol. The lowest BCUT2D eigenvalue weighted by Gasteiger charge is -2.12. The van der Waals surface area contributed by atoms with E-state index in [-0.39, 0.29) is 5.97 Å². The average Bonchev–Trinajstić information content (AvgIpc) is 2.83. The number of rotatable bonds is 5. The summed E-state index contributed by atoms with van der Waals surface area (Å²) in [4.78, 5) is 16.6. The van der Waals surface area contributed by atoms with Gasteiger partial charge in [0, 0.05) is 6.42 Å². The maximum atomic E-state index is 11.5. The van der Waals surface area contributed by atoms with Crippen LogP contribution in [0.5, 0.6) is 0 Å². The van der Waals surface area contributed by atoms with Crippen LogP contribution in [0.3, 0.4) is 0 Å². The molecule has 0 amide bonds. The molecule has 17 heavy (non-hydrogen) atoms. The van der Waals surface area contributed by atoms with Crippen LogP contribution < -0.4 is 0 Å². The molecule has 0 bridgehead atoms. The first-order valence-electron chi connectivity index (χ1n) is 5.92. The number of carbonyl (C=O) groups excluding carboxylic acids is 1. The van der Waals surface area contributed by atoms with Gasteiger partial charge in [-0.05, 0) is 18.4 Å². The normalized spacial score (nSPS) is 16.0. The van der Waals surface area contributed by atoms with Crippen molar-refractivity contribution in [2.24, 2.45) is 0 Å². The predicted molar refractivity (Wildman–Crippen MR) is 63.0 cm³/mol. The van der Waals surface area contributed by atoms with E-state index in [9.17, 15) is 4.79 Å². The van der Waals surface area contributed by atoms with E-state index >= 15 is 0 Å². The maximum absolute atomic E-state index is 11.5. The summed E-state index contributed by atoms with van der Waals surface area (Å²) >= 11 is 0. The minimum atomic E-state index is -0.175. The van der Waals surface area contributed by atoms with Crippen LogP contribution >= 0.6 is 0 Å². The Morgan fingerprint density at radius 1 is 1.35 bits per heavy atom. The van der Waals surface area contributed by atoms with Crippen LogP contribution in [0.15, 0.2) is 30.3 Å². The standard InChI is InChI=1S/C13H17NO3/c15-13(17-14-9-10-16-11-14)8-4-7-12-5-2-1-3-6-12/h1-3,5-6H,4,7-11H2. The van der Waals surface area contributed by atoms with Gasteiger partial charge in [0.15, 0.2) is 0 Å². The van der Waals surface area contributed by atoms with Gasteiger partial charge in [0.25, 0.3) is 0 Å². The van der Waals surface area contributed by atoms with Crippen LogP contribution in [0, 0.1) is 0 Å². The van der Waals surface area contributed by atoms with Gasteiger partial charge in [-0.25, -0.2) is 0 Å². The quantitative estimate of drug-likeness (QED) is 0.779. The van der Waals surface area contributed by atoms with Gasteiger partial charge in [-0.2, -0.15) is 0 Å². The maximum Gasteiger partial charge on any atom is 0.325 e. The highest BCUT2D eigenvalue weighted by Gasteiger charge is 2.16. The third-order valence-corrected chi connectivity index (χ3v) is 2.64. The number of hydroxylamine groups is 2. The lowest BCUT2D eigenvalue weighted by atomic mass is 10.1. The molecule has 0 atom stereocenters. The van der Waals surface area contributed by atoms with Gasteiger partial charge < -0.3 is 9.57 Å². The van der Waals surface area contributed by atoms with Crippen molar-refractivity contribution in [3.63, 3.8) is 0 Å². The van der Waals surface area contributed by atoms with Crippen LogP contribution in [0.2, 0.25) is 0 Å². The van der Waals surface area contributed by atoms with Crippen LogP contribution in [-0.2, 0) is 20.8 Å². The molecule has 1 saturated heterocycles. The highest BCUT2D eigenvalue weighted by atomic mass is 16.7. The van der Waals surface area contributed by atoms with Gasteiger partial charge >= 0.3 is 5.97 Å². The number of benzene rings is 1. The first-order valence-corrected chi connectivity index (χ1v) is 5.92. The van der Waals surface area contributed by atoms with E-state index in [0.717, 1.165) is 12.8 Å². The fraction of sp³-hybridized carbons (Fsp3) is 0.462. The van der Waals surface area contributed by atoms with E-state index < -0.39 is 0 Å². The summed E-state index contributed by atoms with van der Waals surface area (Å²) in [5.74, 6) is -0.175. The van der Waals surface area contributed by atoms with Crippen molar-refractivity contribution in [2.75, 3.05) is 19.9 Å². The lowest BCUT2D eigenvalue weighted by Crippen LogP contribution is -2.24. The smallest absolute Gasteiger partial charge is 0.325 e. The fourth-order valence-corrected chi connectivity index (χ4v) is 1.74. The number of ether oxygens (including phenoxy) is 1. The van der Waals surface area contributed by atoms with Crippen molar-refractivity contribution in [1.82, 2.24) is 5.06 Å². The van der Waals surface area contributed by atoms with Crippen LogP contribution in [-0.4, -0.2) is 30.9 Å². The molecule has 1 aromatic rings. The number of hydrogen-bond donors (Lipinski definition) is 0. The summed E-state index contributed by atoms with van der Waals surface area (Å²) in [6.45, 7) is 1.70. The molecule has 0 aliphatic carbocycles. The molecule has 0 radical (unpaired) electrons. The SMILES string of the molecule is O=C(CCCc1ccccc1)ON1CCOC1. The van der Waals surface area contributed by atoms with Crippen molar-refractivity contribution in [3.8, 4) is 0 Å². The summed E-state index contributed by atoms with van der Waals surface area (Å²) in [6.07, 6.45) is 2.18. The highest BCUT2D eigenvalue weighted by molar-refractivity contribution is 5.68. The molecular weight excluding hydrogens is 218 g/mol. The largest absolute Gasteiger partial charge is 0.366 e. The molecule has 4 nitrogen and oxygen atoms in total.